The van der Waals surface area contributed by atoms with Crippen LogP contribution in [0.2, 0.25) is 0 Å². The van der Waals surface area contributed by atoms with Gasteiger partial charge in [0.1, 0.15) is 5.78 Å². The third-order valence-corrected chi connectivity index (χ3v) is 5.86. The number of hydrogen-bond donors (Lipinski definition) is 0. The van der Waals surface area contributed by atoms with Crippen LogP contribution in [0.25, 0.3) is 0 Å². The van der Waals surface area contributed by atoms with E-state index in [0.29, 0.717) is 19.4 Å². The van der Waals surface area contributed by atoms with Gasteiger partial charge in [-0.25, -0.2) is 0 Å². The van der Waals surface area contributed by atoms with Gasteiger partial charge in [0.15, 0.2) is 5.78 Å². The molecule has 1 atom stereocenters. The quantitative estimate of drug-likeness (QED) is 0.573. The molecule has 1 amide bonds. The van der Waals surface area contributed by atoms with Crippen molar-refractivity contribution in [1.82, 2.24) is 4.90 Å². The molecule has 0 N–H and O–H groups in total. The lowest BCUT2D eigenvalue weighted by molar-refractivity contribution is -0.139. The van der Waals surface area contributed by atoms with E-state index in [2.05, 4.69) is 6.92 Å². The van der Waals surface area contributed by atoms with E-state index >= 15 is 0 Å². The molecule has 144 valence electrons. The summed E-state index contributed by atoms with van der Waals surface area (Å²) in [6.45, 7) is 4.81. The second kappa shape index (κ2) is 10.7. The summed E-state index contributed by atoms with van der Waals surface area (Å²) in [4.78, 5) is 38.6. The number of hydrogen-bond acceptors (Lipinski definition) is 3. The molecule has 1 heterocycles. The molecular weight excluding hydrogens is 314 g/mol. The molecule has 0 unspecified atom stereocenters. The minimum atomic E-state index is -0.384. The molecule has 0 aromatic carbocycles. The summed E-state index contributed by atoms with van der Waals surface area (Å²) in [6, 6.07) is -0.384. The third-order valence-electron chi connectivity index (χ3n) is 5.86. The van der Waals surface area contributed by atoms with Crippen molar-refractivity contribution in [3.05, 3.63) is 0 Å². The molecule has 1 saturated carbocycles. The molecule has 4 heteroatoms. The molecule has 1 aliphatic heterocycles. The van der Waals surface area contributed by atoms with Crippen molar-refractivity contribution in [2.45, 2.75) is 97.9 Å². The van der Waals surface area contributed by atoms with Crippen LogP contribution in [0.15, 0.2) is 0 Å². The molecular formula is C21H37NO3. The number of Topliss-reactive ketones (excluding diaryl/α,β-unsaturated/α-hetero) is 2. The molecule has 0 aromatic heterocycles. The van der Waals surface area contributed by atoms with Crippen molar-refractivity contribution in [1.29, 1.82) is 0 Å². The Labute approximate surface area is 153 Å². The molecule has 0 spiro atoms. The van der Waals surface area contributed by atoms with E-state index in [0.717, 1.165) is 38.0 Å². The Morgan fingerprint density at radius 3 is 2.36 bits per heavy atom. The first kappa shape index (κ1) is 21.9. The van der Waals surface area contributed by atoms with E-state index in [1.807, 2.05) is 6.92 Å². The number of carbonyl (C=O) groups excluding carboxylic acids is 3. The van der Waals surface area contributed by atoms with E-state index in [1.54, 1.807) is 4.90 Å². The van der Waals surface area contributed by atoms with E-state index in [1.165, 1.54) is 19.3 Å². The summed E-state index contributed by atoms with van der Waals surface area (Å²) in [5, 5.41) is 0. The van der Waals surface area contributed by atoms with Gasteiger partial charge in [-0.05, 0) is 44.4 Å². The Balaban J connectivity index is 0.00000312. The van der Waals surface area contributed by atoms with Gasteiger partial charge in [-0.15, -0.1) is 0 Å². The van der Waals surface area contributed by atoms with Crippen LogP contribution in [0.4, 0.5) is 0 Å². The molecule has 4 nitrogen and oxygen atoms in total. The van der Waals surface area contributed by atoms with Crippen LogP contribution in [0, 0.1) is 11.8 Å². The average molecular weight is 352 g/mol. The number of unbranched alkanes of at least 4 members (excludes halogenated alkanes) is 1. The maximum Gasteiger partial charge on any atom is 0.223 e. The molecule has 2 rings (SSSR count). The Morgan fingerprint density at radius 1 is 1.16 bits per heavy atom. The Kier molecular flexibility index (Phi) is 9.37. The lowest BCUT2D eigenvalue weighted by Gasteiger charge is -2.29. The van der Waals surface area contributed by atoms with Crippen molar-refractivity contribution in [2.24, 2.45) is 11.8 Å². The van der Waals surface area contributed by atoms with Crippen molar-refractivity contribution in [3.63, 3.8) is 0 Å². The van der Waals surface area contributed by atoms with Gasteiger partial charge in [0.25, 0.3) is 0 Å². The summed E-state index contributed by atoms with van der Waals surface area (Å²) >= 11 is 0. The average Bonchev–Trinajstić information content (AvgIpc) is 3.00. The smallest absolute Gasteiger partial charge is 0.223 e. The largest absolute Gasteiger partial charge is 0.333 e. The molecule has 0 aromatic rings. The van der Waals surface area contributed by atoms with Crippen molar-refractivity contribution < 1.29 is 14.4 Å². The molecule has 2 fully saturated rings. The molecule has 1 aliphatic carbocycles. The van der Waals surface area contributed by atoms with Gasteiger partial charge in [0.2, 0.25) is 5.91 Å². The van der Waals surface area contributed by atoms with Crippen LogP contribution < -0.4 is 0 Å². The van der Waals surface area contributed by atoms with Gasteiger partial charge in [0.05, 0.1) is 12.5 Å². The molecule has 1 saturated heterocycles. The summed E-state index contributed by atoms with van der Waals surface area (Å²) < 4.78 is 0. The highest BCUT2D eigenvalue weighted by atomic mass is 16.2. The topological polar surface area (TPSA) is 54.5 Å². The highest BCUT2D eigenvalue weighted by Gasteiger charge is 2.34. The predicted molar refractivity (Wildman–Crippen MR) is 101 cm³/mol. The van der Waals surface area contributed by atoms with E-state index in [9.17, 15) is 14.4 Å². The highest BCUT2D eigenvalue weighted by Crippen LogP contribution is 2.33. The fourth-order valence-electron chi connectivity index (χ4n) is 4.32. The van der Waals surface area contributed by atoms with Gasteiger partial charge < -0.3 is 4.90 Å². The van der Waals surface area contributed by atoms with Gasteiger partial charge in [0, 0.05) is 18.9 Å². The predicted octanol–water partition coefficient (Wildman–Crippen LogP) is 4.55. The second-order valence-electron chi connectivity index (χ2n) is 7.58. The second-order valence-corrected chi connectivity index (χ2v) is 7.58. The fraction of sp³-hybridized carbons (Fsp3) is 0.857. The van der Waals surface area contributed by atoms with E-state index < -0.39 is 0 Å². The number of ketones is 2. The fourth-order valence-corrected chi connectivity index (χ4v) is 4.32. The normalized spacial score (nSPS) is 24.7. The Hall–Kier alpha value is -1.19. The number of carbonyl (C=O) groups is 3. The molecule has 2 aliphatic rings. The number of likely N-dealkylation sites (tertiary alicyclic amines) is 1. The van der Waals surface area contributed by atoms with Crippen molar-refractivity contribution in [3.8, 4) is 0 Å². The first-order valence-electron chi connectivity index (χ1n) is 9.91. The van der Waals surface area contributed by atoms with E-state index in [-0.39, 0.29) is 43.3 Å². The van der Waals surface area contributed by atoms with Crippen LogP contribution in [0.5, 0.6) is 0 Å². The van der Waals surface area contributed by atoms with Crippen LogP contribution in [-0.4, -0.2) is 35.0 Å². The van der Waals surface area contributed by atoms with Gasteiger partial charge in [-0.1, -0.05) is 40.5 Å². The third kappa shape index (κ3) is 5.93. The van der Waals surface area contributed by atoms with Gasteiger partial charge in [-0.2, -0.15) is 0 Å². The number of amides is 1. The number of nitrogens with zero attached hydrogens (tertiary/aromatic N) is 1. The maximum absolute atomic E-state index is 12.6. The first-order valence-corrected chi connectivity index (χ1v) is 9.91. The summed E-state index contributed by atoms with van der Waals surface area (Å²) in [7, 11) is 0. The van der Waals surface area contributed by atoms with E-state index in [4.69, 9.17) is 0 Å². The monoisotopic (exact) mass is 351 g/mol. The minimum absolute atomic E-state index is 0. The van der Waals surface area contributed by atoms with Crippen molar-refractivity contribution >= 4 is 17.5 Å². The standard InChI is InChI=1S/C20H33NO3.CH4/c1-3-5-7-15-9-11-16(12-10-15)18(22)14-19(23)17(4-2)21-13-6-8-20(21)24;/h15-17H,3-14H2,1-2H3;1H4/t15?,16?,17-;/m0./s1. The minimum Gasteiger partial charge on any atom is -0.333 e. The zero-order valence-corrected chi connectivity index (χ0v) is 15.4. The Morgan fingerprint density at radius 2 is 1.84 bits per heavy atom. The maximum atomic E-state index is 12.6. The van der Waals surface area contributed by atoms with Crippen molar-refractivity contribution in [2.75, 3.05) is 6.54 Å². The summed E-state index contributed by atoms with van der Waals surface area (Å²) in [6.07, 6.45) is 9.96. The summed E-state index contributed by atoms with van der Waals surface area (Å²) in [5.74, 6) is 0.970. The molecule has 0 radical (unpaired) electrons. The van der Waals surface area contributed by atoms with Crippen LogP contribution in [0.3, 0.4) is 0 Å². The first-order chi connectivity index (χ1) is 11.6. The zero-order valence-electron chi connectivity index (χ0n) is 15.4. The van der Waals surface area contributed by atoms with Gasteiger partial charge >= 0.3 is 0 Å². The highest BCUT2D eigenvalue weighted by molar-refractivity contribution is 6.03. The lowest BCUT2D eigenvalue weighted by atomic mass is 9.77. The van der Waals surface area contributed by atoms with Gasteiger partial charge in [-0.3, -0.25) is 14.4 Å². The SMILES string of the molecule is C.CCCCC1CCC(C(=O)CC(=O)[C@H](CC)N2CCCC2=O)CC1. The van der Waals surface area contributed by atoms with Crippen LogP contribution in [0.1, 0.15) is 91.9 Å². The number of rotatable bonds is 9. The summed E-state index contributed by atoms with van der Waals surface area (Å²) in [5.41, 5.74) is 0. The van der Waals surface area contributed by atoms with Crippen LogP contribution in [-0.2, 0) is 14.4 Å². The zero-order chi connectivity index (χ0) is 17.5. The Bertz CT molecular complexity index is 452. The molecule has 0 bridgehead atoms. The van der Waals surface area contributed by atoms with Crippen LogP contribution >= 0.6 is 0 Å². The molecule has 25 heavy (non-hydrogen) atoms. The lowest BCUT2D eigenvalue weighted by Crippen LogP contribution is -2.42.